The summed E-state index contributed by atoms with van der Waals surface area (Å²) in [6.45, 7) is 3.26. The van der Waals surface area contributed by atoms with Gasteiger partial charge in [0.05, 0.1) is 50.9 Å². The summed E-state index contributed by atoms with van der Waals surface area (Å²) < 4.78 is 26.8. The first kappa shape index (κ1) is 21.7. The van der Waals surface area contributed by atoms with Crippen molar-refractivity contribution in [3.05, 3.63) is 60.2 Å². The molecule has 28 heavy (non-hydrogen) atoms. The van der Waals surface area contributed by atoms with Crippen LogP contribution in [0.25, 0.3) is 0 Å². The summed E-state index contributed by atoms with van der Waals surface area (Å²) in [5.74, 6) is 0.311. The number of benzene rings is 2. The van der Waals surface area contributed by atoms with Crippen LogP contribution in [0.3, 0.4) is 0 Å². The van der Waals surface area contributed by atoms with E-state index >= 15 is 0 Å². The van der Waals surface area contributed by atoms with E-state index in [0.29, 0.717) is 63.2 Å². The summed E-state index contributed by atoms with van der Waals surface area (Å²) in [4.78, 5) is 11.7. The predicted molar refractivity (Wildman–Crippen MR) is 106 cm³/mol. The van der Waals surface area contributed by atoms with E-state index in [4.69, 9.17) is 29.4 Å². The molecule has 0 atom stereocenters. The monoisotopic (exact) mass is 389 g/mol. The summed E-state index contributed by atoms with van der Waals surface area (Å²) in [6.07, 6.45) is 0. The molecule has 0 heterocycles. The van der Waals surface area contributed by atoms with Crippen LogP contribution in [-0.2, 0) is 18.9 Å². The van der Waals surface area contributed by atoms with Crippen molar-refractivity contribution in [1.82, 2.24) is 0 Å². The van der Waals surface area contributed by atoms with Gasteiger partial charge in [0.1, 0.15) is 19.0 Å². The second-order valence-electron chi connectivity index (χ2n) is 5.73. The molecule has 0 unspecified atom stereocenters. The largest absolute Gasteiger partial charge is 0.489 e. The second kappa shape index (κ2) is 13.5. The molecule has 2 aromatic carbocycles. The molecule has 0 aliphatic heterocycles. The average molecular weight is 389 g/mol. The predicted octanol–water partition coefficient (Wildman–Crippen LogP) is 2.55. The third kappa shape index (κ3) is 8.85. The Bertz CT molecular complexity index is 680. The number of esters is 1. The number of nitrogen functional groups attached to an aromatic ring is 1. The van der Waals surface area contributed by atoms with E-state index in [9.17, 15) is 4.79 Å². The van der Waals surface area contributed by atoms with Crippen LogP contribution in [0.1, 0.15) is 10.4 Å². The van der Waals surface area contributed by atoms with Crippen molar-refractivity contribution in [3.63, 3.8) is 0 Å². The number of nitrogens with two attached hydrogens (primary N) is 1. The van der Waals surface area contributed by atoms with E-state index in [1.54, 1.807) is 30.3 Å². The van der Waals surface area contributed by atoms with Gasteiger partial charge in [-0.2, -0.15) is 0 Å². The van der Waals surface area contributed by atoms with Gasteiger partial charge in [-0.15, -0.1) is 0 Å². The maximum absolute atomic E-state index is 11.7. The minimum Gasteiger partial charge on any atom is -0.489 e. The van der Waals surface area contributed by atoms with Crippen LogP contribution in [0.15, 0.2) is 54.6 Å². The first-order valence-corrected chi connectivity index (χ1v) is 9.20. The van der Waals surface area contributed by atoms with E-state index in [0.717, 1.165) is 0 Å². The molecule has 2 rings (SSSR count). The van der Waals surface area contributed by atoms with Crippen LogP contribution in [0.4, 0.5) is 5.69 Å². The lowest BCUT2D eigenvalue weighted by Crippen LogP contribution is -2.15. The number of rotatable bonds is 14. The molecular weight excluding hydrogens is 362 g/mol. The van der Waals surface area contributed by atoms with Crippen molar-refractivity contribution in [2.45, 2.75) is 0 Å². The van der Waals surface area contributed by atoms with Crippen LogP contribution in [0.5, 0.6) is 5.75 Å². The Morgan fingerprint density at radius 3 is 1.86 bits per heavy atom. The number of anilines is 1. The van der Waals surface area contributed by atoms with E-state index in [2.05, 4.69) is 0 Å². The fourth-order valence-corrected chi connectivity index (χ4v) is 2.22. The minimum absolute atomic E-state index is 0.211. The number of carbonyl (C=O) groups excluding carboxylic acids is 1. The molecule has 0 aromatic heterocycles. The lowest BCUT2D eigenvalue weighted by atomic mass is 10.2. The SMILES string of the molecule is Nc1ccccc1OCCOCCOCCOCCOC(=O)c1ccccc1. The number of hydrogen-bond acceptors (Lipinski definition) is 7. The summed E-state index contributed by atoms with van der Waals surface area (Å²) in [5.41, 5.74) is 6.92. The molecular formula is C21H27NO6. The molecule has 2 N–H and O–H groups in total. The lowest BCUT2D eigenvalue weighted by Gasteiger charge is -2.09. The Kier molecular flexibility index (Phi) is 10.5. The van der Waals surface area contributed by atoms with E-state index < -0.39 is 0 Å². The number of para-hydroxylation sites is 2. The van der Waals surface area contributed by atoms with Gasteiger partial charge < -0.3 is 29.4 Å². The van der Waals surface area contributed by atoms with Gasteiger partial charge in [0.25, 0.3) is 0 Å². The number of ether oxygens (including phenoxy) is 5. The molecule has 0 radical (unpaired) electrons. The standard InChI is InChI=1S/C21H27NO6/c22-19-8-4-5-9-20(19)27-16-14-25-12-10-24-11-13-26-15-17-28-21(23)18-6-2-1-3-7-18/h1-9H,10-17,22H2. The zero-order valence-electron chi connectivity index (χ0n) is 15.9. The molecule has 7 heteroatoms. The van der Waals surface area contributed by atoms with Gasteiger partial charge in [-0.3, -0.25) is 0 Å². The van der Waals surface area contributed by atoms with E-state index in [1.165, 1.54) is 0 Å². The fraction of sp³-hybridized carbons (Fsp3) is 0.381. The fourth-order valence-electron chi connectivity index (χ4n) is 2.22. The van der Waals surface area contributed by atoms with Crippen molar-refractivity contribution < 1.29 is 28.5 Å². The number of hydrogen-bond donors (Lipinski definition) is 1. The Hall–Kier alpha value is -2.61. The highest BCUT2D eigenvalue weighted by atomic mass is 16.6. The molecule has 0 saturated carbocycles. The summed E-state index contributed by atoms with van der Waals surface area (Å²) in [5, 5.41) is 0. The van der Waals surface area contributed by atoms with Crippen LogP contribution >= 0.6 is 0 Å². The minimum atomic E-state index is -0.350. The Balaban J connectivity index is 1.34. The molecule has 0 saturated heterocycles. The van der Waals surface area contributed by atoms with Gasteiger partial charge in [-0.1, -0.05) is 30.3 Å². The Morgan fingerprint density at radius 2 is 1.21 bits per heavy atom. The van der Waals surface area contributed by atoms with Gasteiger partial charge >= 0.3 is 5.97 Å². The molecule has 0 bridgehead atoms. The van der Waals surface area contributed by atoms with Gasteiger partial charge in [0, 0.05) is 0 Å². The third-order valence-electron chi connectivity index (χ3n) is 3.62. The summed E-state index contributed by atoms with van der Waals surface area (Å²) in [7, 11) is 0. The quantitative estimate of drug-likeness (QED) is 0.302. The highest BCUT2D eigenvalue weighted by Crippen LogP contribution is 2.19. The first-order valence-electron chi connectivity index (χ1n) is 9.20. The average Bonchev–Trinajstić information content (AvgIpc) is 2.73. The van der Waals surface area contributed by atoms with E-state index in [-0.39, 0.29) is 12.6 Å². The Labute approximate surface area is 165 Å². The molecule has 0 fully saturated rings. The van der Waals surface area contributed by atoms with Gasteiger partial charge in [-0.25, -0.2) is 4.79 Å². The maximum atomic E-state index is 11.7. The van der Waals surface area contributed by atoms with Crippen molar-refractivity contribution in [2.24, 2.45) is 0 Å². The van der Waals surface area contributed by atoms with Gasteiger partial charge in [0.2, 0.25) is 0 Å². The van der Waals surface area contributed by atoms with Gasteiger partial charge in [0.15, 0.2) is 0 Å². The highest BCUT2D eigenvalue weighted by molar-refractivity contribution is 5.89. The molecule has 7 nitrogen and oxygen atoms in total. The highest BCUT2D eigenvalue weighted by Gasteiger charge is 2.05. The van der Waals surface area contributed by atoms with Crippen LogP contribution in [0.2, 0.25) is 0 Å². The zero-order valence-corrected chi connectivity index (χ0v) is 15.9. The van der Waals surface area contributed by atoms with Crippen LogP contribution in [-0.4, -0.2) is 58.8 Å². The van der Waals surface area contributed by atoms with Crippen molar-refractivity contribution in [1.29, 1.82) is 0 Å². The second-order valence-corrected chi connectivity index (χ2v) is 5.73. The molecule has 0 amide bonds. The first-order chi connectivity index (χ1) is 13.8. The normalized spacial score (nSPS) is 10.6. The zero-order chi connectivity index (χ0) is 19.9. The smallest absolute Gasteiger partial charge is 0.338 e. The molecule has 0 aliphatic carbocycles. The van der Waals surface area contributed by atoms with Crippen molar-refractivity contribution in [2.75, 3.05) is 58.6 Å². The summed E-state index contributed by atoms with van der Waals surface area (Å²) >= 11 is 0. The lowest BCUT2D eigenvalue weighted by molar-refractivity contribution is -0.00220. The van der Waals surface area contributed by atoms with Crippen LogP contribution in [0, 0.1) is 0 Å². The van der Waals surface area contributed by atoms with Crippen LogP contribution < -0.4 is 10.5 Å². The summed E-state index contributed by atoms with van der Waals surface area (Å²) in [6, 6.07) is 16.2. The van der Waals surface area contributed by atoms with Crippen molar-refractivity contribution >= 4 is 11.7 Å². The number of carbonyl (C=O) groups is 1. The molecule has 0 spiro atoms. The topological polar surface area (TPSA) is 89.2 Å². The molecule has 0 aliphatic rings. The maximum Gasteiger partial charge on any atom is 0.338 e. The third-order valence-corrected chi connectivity index (χ3v) is 3.62. The molecule has 152 valence electrons. The molecule has 2 aromatic rings. The van der Waals surface area contributed by atoms with Crippen molar-refractivity contribution in [3.8, 4) is 5.75 Å². The van der Waals surface area contributed by atoms with E-state index in [1.807, 2.05) is 24.3 Å². The Morgan fingerprint density at radius 1 is 0.679 bits per heavy atom. The van der Waals surface area contributed by atoms with Gasteiger partial charge in [-0.05, 0) is 24.3 Å².